The first kappa shape index (κ1) is 15.0. The Hall–Kier alpha value is -1.07. The molecule has 3 N–H and O–H groups in total. The van der Waals surface area contributed by atoms with Crippen molar-refractivity contribution >= 4 is 23.4 Å². The van der Waals surface area contributed by atoms with Crippen LogP contribution in [0.2, 0.25) is 5.02 Å². The lowest BCUT2D eigenvalue weighted by molar-refractivity contribution is 0.218. The van der Waals surface area contributed by atoms with E-state index in [4.69, 9.17) is 11.6 Å². The summed E-state index contributed by atoms with van der Waals surface area (Å²) in [6.45, 7) is 6.81. The molecule has 6 heteroatoms. The molecule has 1 heterocycles. The molecule has 1 aromatic rings. The maximum absolute atomic E-state index is 9.38. The number of hydrogen-bond acceptors (Lipinski definition) is 5. The van der Waals surface area contributed by atoms with Crippen molar-refractivity contribution in [2.24, 2.45) is 0 Å². The molecule has 0 amide bonds. The zero-order valence-corrected chi connectivity index (χ0v) is 11.9. The highest BCUT2D eigenvalue weighted by Crippen LogP contribution is 2.24. The molecule has 18 heavy (non-hydrogen) atoms. The van der Waals surface area contributed by atoms with E-state index in [9.17, 15) is 5.11 Å². The molecule has 1 atom stereocenters. The largest absolute Gasteiger partial charge is 0.394 e. The van der Waals surface area contributed by atoms with Crippen molar-refractivity contribution in [3.05, 3.63) is 11.2 Å². The summed E-state index contributed by atoms with van der Waals surface area (Å²) >= 11 is 6.05. The van der Waals surface area contributed by atoms with Crippen molar-refractivity contribution < 1.29 is 5.11 Å². The van der Waals surface area contributed by atoms with Crippen LogP contribution in [0.3, 0.4) is 0 Å². The molecule has 1 rings (SSSR count). The summed E-state index contributed by atoms with van der Waals surface area (Å²) in [6, 6.07) is 0. The van der Waals surface area contributed by atoms with Crippen LogP contribution in [0.25, 0.3) is 0 Å². The summed E-state index contributed by atoms with van der Waals surface area (Å²) in [5.74, 6) is 1.09. The molecule has 1 aromatic heterocycles. The maximum Gasteiger partial charge on any atom is 0.224 e. The van der Waals surface area contributed by atoms with Crippen LogP contribution in [-0.2, 0) is 0 Å². The molecule has 0 aliphatic rings. The molecule has 0 saturated heterocycles. The number of hydrogen-bond donors (Lipinski definition) is 3. The highest BCUT2D eigenvalue weighted by Gasteiger charge is 2.22. The van der Waals surface area contributed by atoms with Gasteiger partial charge in [0.1, 0.15) is 5.02 Å². The van der Waals surface area contributed by atoms with Gasteiger partial charge in [0.05, 0.1) is 18.3 Å². The molecule has 5 nitrogen and oxygen atoms in total. The van der Waals surface area contributed by atoms with Gasteiger partial charge in [-0.2, -0.15) is 4.98 Å². The quantitative estimate of drug-likeness (QED) is 0.712. The number of nitrogens with zero attached hydrogens (tertiary/aromatic N) is 2. The van der Waals surface area contributed by atoms with Crippen molar-refractivity contribution in [2.45, 2.75) is 39.2 Å². The standard InChI is InChI=1S/C12H21ClN4O/c1-4-6-14-11-15-7-9(13)10(16-11)17-12(3,5-2)8-18/h7,18H,4-6,8H2,1-3H3,(H2,14,15,16,17). The second kappa shape index (κ2) is 6.75. The van der Waals surface area contributed by atoms with Gasteiger partial charge in [-0.15, -0.1) is 0 Å². The summed E-state index contributed by atoms with van der Waals surface area (Å²) in [7, 11) is 0. The summed E-state index contributed by atoms with van der Waals surface area (Å²) in [5.41, 5.74) is -0.431. The fraction of sp³-hybridized carbons (Fsp3) is 0.667. The first-order chi connectivity index (χ1) is 8.54. The highest BCUT2D eigenvalue weighted by atomic mass is 35.5. The number of aliphatic hydroxyl groups excluding tert-OH is 1. The lowest BCUT2D eigenvalue weighted by Crippen LogP contribution is -2.38. The van der Waals surface area contributed by atoms with Gasteiger partial charge in [-0.1, -0.05) is 25.4 Å². The van der Waals surface area contributed by atoms with E-state index in [1.54, 1.807) is 6.20 Å². The third-order valence-electron chi connectivity index (χ3n) is 2.83. The Morgan fingerprint density at radius 2 is 2.17 bits per heavy atom. The molecule has 0 spiro atoms. The molecule has 102 valence electrons. The molecule has 0 saturated carbocycles. The third-order valence-corrected chi connectivity index (χ3v) is 3.10. The Morgan fingerprint density at radius 1 is 1.44 bits per heavy atom. The van der Waals surface area contributed by atoms with Gasteiger partial charge in [-0.25, -0.2) is 4.98 Å². The van der Waals surface area contributed by atoms with Crippen LogP contribution in [0.5, 0.6) is 0 Å². The van der Waals surface area contributed by atoms with Gasteiger partial charge in [0.25, 0.3) is 0 Å². The number of aromatic nitrogens is 2. The normalized spacial score (nSPS) is 14.1. The second-order valence-corrected chi connectivity index (χ2v) is 4.92. The zero-order chi connectivity index (χ0) is 13.6. The number of halogens is 1. The summed E-state index contributed by atoms with van der Waals surface area (Å²) in [5, 5.41) is 16.1. The van der Waals surface area contributed by atoms with Crippen LogP contribution in [0.4, 0.5) is 11.8 Å². The van der Waals surface area contributed by atoms with Crippen LogP contribution in [0.1, 0.15) is 33.6 Å². The van der Waals surface area contributed by atoms with Gasteiger partial charge in [0, 0.05) is 6.54 Å². The molecule has 0 bridgehead atoms. The maximum atomic E-state index is 9.38. The van der Waals surface area contributed by atoms with Crippen LogP contribution >= 0.6 is 11.6 Å². The summed E-state index contributed by atoms with van der Waals surface area (Å²) < 4.78 is 0. The van der Waals surface area contributed by atoms with Gasteiger partial charge in [0.15, 0.2) is 5.82 Å². The minimum Gasteiger partial charge on any atom is -0.394 e. The average molecular weight is 273 g/mol. The van der Waals surface area contributed by atoms with E-state index in [2.05, 4.69) is 27.5 Å². The van der Waals surface area contributed by atoms with Gasteiger partial charge < -0.3 is 15.7 Å². The molecule has 0 aliphatic heterocycles. The smallest absolute Gasteiger partial charge is 0.224 e. The third kappa shape index (κ3) is 3.99. The van der Waals surface area contributed by atoms with Gasteiger partial charge in [-0.05, 0) is 19.8 Å². The van der Waals surface area contributed by atoms with Crippen LogP contribution in [0.15, 0.2) is 6.20 Å². The Bertz CT molecular complexity index is 382. The Balaban J connectivity index is 2.86. The molecule has 0 aromatic carbocycles. The van der Waals surface area contributed by atoms with Crippen LogP contribution in [0, 0.1) is 0 Å². The minimum absolute atomic E-state index is 0.0154. The van der Waals surface area contributed by atoms with Crippen LogP contribution < -0.4 is 10.6 Å². The van der Waals surface area contributed by atoms with Crippen molar-refractivity contribution in [3.63, 3.8) is 0 Å². The van der Waals surface area contributed by atoms with Crippen molar-refractivity contribution in [2.75, 3.05) is 23.8 Å². The van der Waals surface area contributed by atoms with Crippen molar-refractivity contribution in [1.29, 1.82) is 0 Å². The lowest BCUT2D eigenvalue weighted by Gasteiger charge is -2.28. The Labute approximate surface area is 113 Å². The fourth-order valence-corrected chi connectivity index (χ4v) is 1.44. The number of anilines is 2. The first-order valence-corrected chi connectivity index (χ1v) is 6.58. The number of rotatable bonds is 7. The predicted octanol–water partition coefficient (Wildman–Crippen LogP) is 2.52. The Morgan fingerprint density at radius 3 is 2.72 bits per heavy atom. The molecule has 0 fully saturated rings. The van der Waals surface area contributed by atoms with E-state index in [0.29, 0.717) is 16.8 Å². The van der Waals surface area contributed by atoms with Crippen LogP contribution in [-0.4, -0.2) is 33.8 Å². The average Bonchev–Trinajstić information content (AvgIpc) is 2.39. The monoisotopic (exact) mass is 272 g/mol. The van der Waals surface area contributed by atoms with E-state index in [-0.39, 0.29) is 6.61 Å². The molecular weight excluding hydrogens is 252 g/mol. The fourth-order valence-electron chi connectivity index (χ4n) is 1.30. The van der Waals surface area contributed by atoms with Gasteiger partial charge in [-0.3, -0.25) is 0 Å². The summed E-state index contributed by atoms with van der Waals surface area (Å²) in [4.78, 5) is 8.42. The minimum atomic E-state index is -0.431. The number of nitrogens with one attached hydrogen (secondary N) is 2. The van der Waals surface area contributed by atoms with E-state index < -0.39 is 5.54 Å². The SMILES string of the molecule is CCCNc1ncc(Cl)c(NC(C)(CC)CO)n1. The lowest BCUT2D eigenvalue weighted by atomic mass is 10.0. The molecule has 1 unspecified atom stereocenters. The highest BCUT2D eigenvalue weighted by molar-refractivity contribution is 6.32. The predicted molar refractivity (Wildman–Crippen MR) is 75.2 cm³/mol. The van der Waals surface area contributed by atoms with Gasteiger partial charge in [0.2, 0.25) is 5.95 Å². The zero-order valence-electron chi connectivity index (χ0n) is 11.1. The molecule has 0 aliphatic carbocycles. The molecular formula is C12H21ClN4O. The second-order valence-electron chi connectivity index (χ2n) is 4.51. The Kier molecular flexibility index (Phi) is 5.62. The van der Waals surface area contributed by atoms with E-state index in [0.717, 1.165) is 19.4 Å². The van der Waals surface area contributed by atoms with Crippen molar-refractivity contribution in [3.8, 4) is 0 Å². The topological polar surface area (TPSA) is 70.1 Å². The first-order valence-electron chi connectivity index (χ1n) is 6.20. The van der Waals surface area contributed by atoms with E-state index in [1.165, 1.54) is 0 Å². The molecule has 0 radical (unpaired) electrons. The van der Waals surface area contributed by atoms with Gasteiger partial charge >= 0.3 is 0 Å². The summed E-state index contributed by atoms with van der Waals surface area (Å²) in [6.07, 6.45) is 3.32. The van der Waals surface area contributed by atoms with Crippen molar-refractivity contribution in [1.82, 2.24) is 9.97 Å². The van der Waals surface area contributed by atoms with E-state index in [1.807, 2.05) is 13.8 Å². The number of aliphatic hydroxyl groups is 1. The van der Waals surface area contributed by atoms with E-state index >= 15 is 0 Å².